The zero-order valence-corrected chi connectivity index (χ0v) is 24.5. The largest absolute Gasteiger partial charge is 0.497 e. The summed E-state index contributed by atoms with van der Waals surface area (Å²) in [5.41, 5.74) is 8.67. The van der Waals surface area contributed by atoms with Crippen LogP contribution in [0.2, 0.25) is 0 Å². The number of aryl methyl sites for hydroxylation is 2. The fourth-order valence-corrected chi connectivity index (χ4v) is 5.28. The number of carbonyl (C=O) groups is 1. The zero-order chi connectivity index (χ0) is 29.9. The van der Waals surface area contributed by atoms with Gasteiger partial charge in [0.25, 0.3) is 0 Å². The molecule has 8 heteroatoms. The predicted molar refractivity (Wildman–Crippen MR) is 174 cm³/mol. The lowest BCUT2D eigenvalue weighted by Crippen LogP contribution is -2.20. The molecule has 2 amide bonds. The molecule has 0 unspecified atom stereocenters. The molecule has 2 aromatic heterocycles. The molecule has 4 aromatic carbocycles. The number of urea groups is 1. The van der Waals surface area contributed by atoms with Crippen molar-refractivity contribution < 1.29 is 9.53 Å². The Hall–Kier alpha value is -5.63. The monoisotopic (exact) mass is 568 g/mol. The van der Waals surface area contributed by atoms with Crippen molar-refractivity contribution in [2.45, 2.75) is 13.8 Å². The molecule has 43 heavy (non-hydrogen) atoms. The number of methoxy groups -OCH3 is 1. The van der Waals surface area contributed by atoms with Crippen LogP contribution in [-0.4, -0.2) is 34.7 Å². The maximum absolute atomic E-state index is 12.9. The summed E-state index contributed by atoms with van der Waals surface area (Å²) in [5.74, 6) is 2.28. The van der Waals surface area contributed by atoms with Crippen LogP contribution in [0.1, 0.15) is 11.1 Å². The average molecular weight is 569 g/mol. The number of amides is 2. The molecule has 0 saturated heterocycles. The van der Waals surface area contributed by atoms with E-state index in [9.17, 15) is 4.79 Å². The quantitative estimate of drug-likeness (QED) is 0.181. The SMILES string of the molecule is CNc1cc(-n2cc(-c3ccc(OC)cc3)c3ccc(-c4cccc(NC(=O)Nc5c(C)cccc5C)c4)cc32)ncn1. The number of nitrogens with zero attached hydrogens (tertiary/aromatic N) is 3. The number of hydrogen-bond donors (Lipinski definition) is 3. The number of anilines is 3. The number of nitrogens with one attached hydrogen (secondary N) is 3. The highest BCUT2D eigenvalue weighted by molar-refractivity contribution is 6.02. The van der Waals surface area contributed by atoms with Crippen molar-refractivity contribution in [3.63, 3.8) is 0 Å². The lowest BCUT2D eigenvalue weighted by Gasteiger charge is -2.13. The molecule has 0 bridgehead atoms. The fourth-order valence-electron chi connectivity index (χ4n) is 5.28. The normalized spacial score (nSPS) is 10.9. The summed E-state index contributed by atoms with van der Waals surface area (Å²) in [5, 5.41) is 10.2. The van der Waals surface area contributed by atoms with Crippen molar-refractivity contribution in [1.82, 2.24) is 14.5 Å². The van der Waals surface area contributed by atoms with Crippen LogP contribution >= 0.6 is 0 Å². The van der Waals surface area contributed by atoms with Gasteiger partial charge in [-0.05, 0) is 72.0 Å². The number of para-hydroxylation sites is 1. The van der Waals surface area contributed by atoms with Gasteiger partial charge in [0.15, 0.2) is 0 Å². The van der Waals surface area contributed by atoms with E-state index in [4.69, 9.17) is 4.74 Å². The van der Waals surface area contributed by atoms with Gasteiger partial charge in [-0.25, -0.2) is 14.8 Å². The molecule has 2 heterocycles. The molecule has 8 nitrogen and oxygen atoms in total. The topological polar surface area (TPSA) is 93.1 Å². The Bertz CT molecular complexity index is 1920. The van der Waals surface area contributed by atoms with Crippen LogP contribution in [0.3, 0.4) is 0 Å². The third-order valence-corrected chi connectivity index (χ3v) is 7.54. The van der Waals surface area contributed by atoms with E-state index in [1.807, 2.05) is 81.6 Å². The first-order chi connectivity index (χ1) is 20.9. The third kappa shape index (κ3) is 5.63. The van der Waals surface area contributed by atoms with E-state index in [-0.39, 0.29) is 6.03 Å². The van der Waals surface area contributed by atoms with Gasteiger partial charge in [0.2, 0.25) is 0 Å². The Morgan fingerprint density at radius 1 is 0.791 bits per heavy atom. The van der Waals surface area contributed by atoms with E-state index in [0.29, 0.717) is 5.69 Å². The van der Waals surface area contributed by atoms with Crippen molar-refractivity contribution >= 4 is 34.1 Å². The molecule has 0 fully saturated rings. The molecule has 6 rings (SSSR count). The maximum atomic E-state index is 12.9. The number of benzene rings is 4. The van der Waals surface area contributed by atoms with Gasteiger partial charge in [-0.3, -0.25) is 0 Å². The minimum Gasteiger partial charge on any atom is -0.497 e. The van der Waals surface area contributed by atoms with Crippen LogP contribution in [0.5, 0.6) is 5.75 Å². The number of rotatable bonds is 7. The summed E-state index contributed by atoms with van der Waals surface area (Å²) in [6.45, 7) is 3.96. The number of carbonyl (C=O) groups excluding carboxylic acids is 1. The molecular weight excluding hydrogens is 536 g/mol. The fraction of sp³-hybridized carbons (Fsp3) is 0.114. The Morgan fingerprint density at radius 3 is 2.26 bits per heavy atom. The minimum absolute atomic E-state index is 0.285. The van der Waals surface area contributed by atoms with E-state index in [2.05, 4.69) is 67.0 Å². The van der Waals surface area contributed by atoms with Crippen LogP contribution < -0.4 is 20.7 Å². The highest BCUT2D eigenvalue weighted by Crippen LogP contribution is 2.36. The molecule has 0 aliphatic carbocycles. The van der Waals surface area contributed by atoms with Crippen LogP contribution in [0.4, 0.5) is 22.0 Å². The predicted octanol–water partition coefficient (Wildman–Crippen LogP) is 8.07. The van der Waals surface area contributed by atoms with Crippen LogP contribution in [0.15, 0.2) is 104 Å². The summed E-state index contributed by atoms with van der Waals surface area (Å²) in [6, 6.07) is 29.9. The summed E-state index contributed by atoms with van der Waals surface area (Å²) < 4.78 is 7.46. The minimum atomic E-state index is -0.285. The average Bonchev–Trinajstić information content (AvgIpc) is 3.42. The highest BCUT2D eigenvalue weighted by atomic mass is 16.5. The van der Waals surface area contributed by atoms with E-state index in [1.54, 1.807) is 13.4 Å². The summed E-state index contributed by atoms with van der Waals surface area (Å²) in [4.78, 5) is 21.8. The number of aromatic nitrogens is 3. The molecule has 0 radical (unpaired) electrons. The summed E-state index contributed by atoms with van der Waals surface area (Å²) in [7, 11) is 3.50. The lowest BCUT2D eigenvalue weighted by molar-refractivity contribution is 0.262. The molecule has 3 N–H and O–H groups in total. The van der Waals surface area contributed by atoms with Crippen LogP contribution in [-0.2, 0) is 0 Å². The second-order valence-corrected chi connectivity index (χ2v) is 10.3. The van der Waals surface area contributed by atoms with Crippen molar-refractivity contribution in [3.05, 3.63) is 115 Å². The van der Waals surface area contributed by atoms with Gasteiger partial charge in [0, 0.05) is 41.6 Å². The molecule has 214 valence electrons. The van der Waals surface area contributed by atoms with Crippen molar-refractivity contribution in [3.8, 4) is 33.8 Å². The smallest absolute Gasteiger partial charge is 0.323 e. The van der Waals surface area contributed by atoms with Gasteiger partial charge in [-0.15, -0.1) is 0 Å². The molecule has 0 aliphatic heterocycles. The van der Waals surface area contributed by atoms with Gasteiger partial charge >= 0.3 is 6.03 Å². The van der Waals surface area contributed by atoms with E-state index >= 15 is 0 Å². The van der Waals surface area contributed by atoms with Gasteiger partial charge in [0.1, 0.15) is 23.7 Å². The summed E-state index contributed by atoms with van der Waals surface area (Å²) >= 11 is 0. The molecule has 0 atom stereocenters. The molecular formula is C35H32N6O2. The van der Waals surface area contributed by atoms with Crippen LogP contribution in [0, 0.1) is 13.8 Å². The Morgan fingerprint density at radius 2 is 1.51 bits per heavy atom. The molecule has 0 spiro atoms. The van der Waals surface area contributed by atoms with Crippen LogP contribution in [0.25, 0.3) is 39.0 Å². The highest BCUT2D eigenvalue weighted by Gasteiger charge is 2.15. The number of hydrogen-bond acceptors (Lipinski definition) is 5. The molecule has 6 aromatic rings. The summed E-state index contributed by atoms with van der Waals surface area (Å²) in [6.07, 6.45) is 3.66. The Balaban J connectivity index is 1.38. The zero-order valence-electron chi connectivity index (χ0n) is 24.5. The second-order valence-electron chi connectivity index (χ2n) is 10.3. The van der Waals surface area contributed by atoms with Crippen molar-refractivity contribution in [2.75, 3.05) is 30.1 Å². The maximum Gasteiger partial charge on any atom is 0.323 e. The van der Waals surface area contributed by atoms with E-state index < -0.39 is 0 Å². The number of ether oxygens (including phenoxy) is 1. The lowest BCUT2D eigenvalue weighted by atomic mass is 10.0. The van der Waals surface area contributed by atoms with Gasteiger partial charge < -0.3 is 25.3 Å². The van der Waals surface area contributed by atoms with Gasteiger partial charge in [0.05, 0.1) is 12.6 Å². The van der Waals surface area contributed by atoms with Gasteiger partial charge in [-0.2, -0.15) is 0 Å². The second kappa shape index (κ2) is 11.7. The first kappa shape index (κ1) is 27.5. The first-order valence-corrected chi connectivity index (χ1v) is 14.0. The Kier molecular flexibility index (Phi) is 7.49. The standard InChI is InChI=1S/C35H32N6O2/c1-22-7-5-8-23(2)34(22)40-35(42)39-27-10-6-9-25(17-27)26-13-16-29-30(24-11-14-28(43-4)15-12-24)20-41(31(29)18-26)33-19-32(36-3)37-21-38-33/h5-21H,1-4H3,(H,36,37,38)(H2,39,40,42). The van der Waals surface area contributed by atoms with E-state index in [0.717, 1.165) is 67.4 Å². The van der Waals surface area contributed by atoms with Crippen molar-refractivity contribution in [2.24, 2.45) is 0 Å². The Labute approximate surface area is 250 Å². The molecule has 0 saturated carbocycles. The van der Waals surface area contributed by atoms with E-state index in [1.165, 1.54) is 0 Å². The molecule has 0 aliphatic rings. The first-order valence-electron chi connectivity index (χ1n) is 14.0. The van der Waals surface area contributed by atoms with Gasteiger partial charge in [-0.1, -0.05) is 54.6 Å². The van der Waals surface area contributed by atoms with Crippen molar-refractivity contribution in [1.29, 1.82) is 0 Å². The number of fused-ring (bicyclic) bond motifs is 1. The third-order valence-electron chi connectivity index (χ3n) is 7.54.